The molecule has 0 N–H and O–H groups in total. The number of ether oxygens (including phenoxy) is 3. The van der Waals surface area contributed by atoms with Crippen molar-refractivity contribution in [2.24, 2.45) is 0 Å². The van der Waals surface area contributed by atoms with E-state index < -0.39 is 6.10 Å². The first-order chi connectivity index (χ1) is 26.0. The zero-order valence-electron chi connectivity index (χ0n) is 34.8. The lowest BCUT2D eigenvalue weighted by Gasteiger charge is -2.18. The SMILES string of the molecule is CC/C=C\C/C=C\C/C=C\CCCCCC(=O)OCC(COC(=O)CCCCCCCCCCC)OC(=O)CCCCCCC/C=C\CCCCCC. The molecule has 0 heterocycles. The first kappa shape index (κ1) is 50.4. The number of esters is 3. The summed E-state index contributed by atoms with van der Waals surface area (Å²) in [4.78, 5) is 37.6. The molecule has 0 spiro atoms. The van der Waals surface area contributed by atoms with Gasteiger partial charge in [0.05, 0.1) is 0 Å². The van der Waals surface area contributed by atoms with Crippen LogP contribution in [0.1, 0.15) is 213 Å². The zero-order chi connectivity index (χ0) is 38.7. The van der Waals surface area contributed by atoms with E-state index in [1.165, 1.54) is 77.0 Å². The number of hydrogen-bond acceptors (Lipinski definition) is 6. The van der Waals surface area contributed by atoms with Crippen molar-refractivity contribution in [3.8, 4) is 0 Å². The van der Waals surface area contributed by atoms with E-state index in [0.717, 1.165) is 96.3 Å². The number of rotatable bonds is 39. The van der Waals surface area contributed by atoms with Crippen LogP contribution in [0, 0.1) is 0 Å². The highest BCUT2D eigenvalue weighted by molar-refractivity contribution is 5.71. The fourth-order valence-corrected chi connectivity index (χ4v) is 5.98. The van der Waals surface area contributed by atoms with Gasteiger partial charge < -0.3 is 14.2 Å². The van der Waals surface area contributed by atoms with Gasteiger partial charge in [0.1, 0.15) is 13.2 Å². The van der Waals surface area contributed by atoms with Crippen LogP contribution in [-0.4, -0.2) is 37.2 Å². The highest BCUT2D eigenvalue weighted by Gasteiger charge is 2.19. The van der Waals surface area contributed by atoms with Gasteiger partial charge in [0.15, 0.2) is 6.10 Å². The summed E-state index contributed by atoms with van der Waals surface area (Å²) in [5.41, 5.74) is 0. The smallest absolute Gasteiger partial charge is 0.306 e. The number of carbonyl (C=O) groups excluding carboxylic acids is 3. The minimum absolute atomic E-state index is 0.0850. The Balaban J connectivity index is 4.42. The summed E-state index contributed by atoms with van der Waals surface area (Å²) >= 11 is 0. The molecule has 0 saturated carbocycles. The molecule has 0 radical (unpaired) electrons. The summed E-state index contributed by atoms with van der Waals surface area (Å²) in [6.45, 7) is 6.44. The Bertz CT molecular complexity index is 949. The fraction of sp³-hybridized carbons (Fsp3) is 0.766. The first-order valence-corrected chi connectivity index (χ1v) is 22.1. The summed E-state index contributed by atoms with van der Waals surface area (Å²) in [7, 11) is 0. The molecule has 0 rings (SSSR count). The van der Waals surface area contributed by atoms with Crippen LogP contribution < -0.4 is 0 Å². The van der Waals surface area contributed by atoms with Gasteiger partial charge in [0.25, 0.3) is 0 Å². The number of carbonyl (C=O) groups is 3. The highest BCUT2D eigenvalue weighted by Crippen LogP contribution is 2.13. The van der Waals surface area contributed by atoms with Crippen LogP contribution in [-0.2, 0) is 28.6 Å². The molecule has 0 bridgehead atoms. The highest BCUT2D eigenvalue weighted by atomic mass is 16.6. The molecule has 0 aliphatic heterocycles. The summed E-state index contributed by atoms with van der Waals surface area (Å²) in [5, 5.41) is 0. The van der Waals surface area contributed by atoms with Gasteiger partial charge >= 0.3 is 17.9 Å². The zero-order valence-corrected chi connectivity index (χ0v) is 34.8. The van der Waals surface area contributed by atoms with Crippen molar-refractivity contribution in [2.45, 2.75) is 219 Å². The summed E-state index contributed by atoms with van der Waals surface area (Å²) in [6.07, 6.45) is 48.1. The molecule has 0 aromatic rings. The molecule has 1 unspecified atom stereocenters. The molecule has 306 valence electrons. The van der Waals surface area contributed by atoms with Crippen molar-refractivity contribution < 1.29 is 28.6 Å². The molecule has 0 aliphatic carbocycles. The van der Waals surface area contributed by atoms with Gasteiger partial charge in [-0.15, -0.1) is 0 Å². The third-order valence-electron chi connectivity index (χ3n) is 9.32. The number of unbranched alkanes of at least 4 members (excludes halogenated alkanes) is 20. The van der Waals surface area contributed by atoms with E-state index >= 15 is 0 Å². The normalized spacial score (nSPS) is 12.4. The van der Waals surface area contributed by atoms with Crippen molar-refractivity contribution in [2.75, 3.05) is 13.2 Å². The topological polar surface area (TPSA) is 78.9 Å². The average Bonchev–Trinajstić information content (AvgIpc) is 3.15. The lowest BCUT2D eigenvalue weighted by atomic mass is 10.1. The maximum absolute atomic E-state index is 12.7. The van der Waals surface area contributed by atoms with Gasteiger partial charge in [0, 0.05) is 19.3 Å². The Hall–Kier alpha value is -2.63. The predicted molar refractivity (Wildman–Crippen MR) is 224 cm³/mol. The third-order valence-corrected chi connectivity index (χ3v) is 9.32. The van der Waals surface area contributed by atoms with Crippen LogP contribution in [0.5, 0.6) is 0 Å². The Morgan fingerprint density at radius 1 is 0.396 bits per heavy atom. The Morgan fingerprint density at radius 3 is 1.21 bits per heavy atom. The van der Waals surface area contributed by atoms with E-state index in [1.54, 1.807) is 0 Å². The van der Waals surface area contributed by atoms with Crippen LogP contribution in [0.3, 0.4) is 0 Å². The van der Waals surface area contributed by atoms with Crippen molar-refractivity contribution in [1.29, 1.82) is 0 Å². The summed E-state index contributed by atoms with van der Waals surface area (Å²) < 4.78 is 16.6. The van der Waals surface area contributed by atoms with E-state index in [0.29, 0.717) is 19.3 Å². The number of allylic oxidation sites excluding steroid dienone is 8. The second-order valence-corrected chi connectivity index (χ2v) is 14.6. The van der Waals surface area contributed by atoms with Crippen LogP contribution in [0.25, 0.3) is 0 Å². The molecule has 0 amide bonds. The van der Waals surface area contributed by atoms with Crippen molar-refractivity contribution >= 4 is 17.9 Å². The lowest BCUT2D eigenvalue weighted by Crippen LogP contribution is -2.30. The van der Waals surface area contributed by atoms with Gasteiger partial charge in [-0.25, -0.2) is 0 Å². The molecule has 1 atom stereocenters. The van der Waals surface area contributed by atoms with E-state index in [4.69, 9.17) is 14.2 Å². The van der Waals surface area contributed by atoms with E-state index in [-0.39, 0.29) is 31.1 Å². The maximum Gasteiger partial charge on any atom is 0.306 e. The fourth-order valence-electron chi connectivity index (χ4n) is 5.98. The van der Waals surface area contributed by atoms with Gasteiger partial charge in [0.2, 0.25) is 0 Å². The monoisotopic (exact) mass is 743 g/mol. The molecule has 6 heteroatoms. The van der Waals surface area contributed by atoms with E-state index in [2.05, 4.69) is 69.4 Å². The summed E-state index contributed by atoms with van der Waals surface area (Å²) in [5.74, 6) is -0.930. The van der Waals surface area contributed by atoms with Crippen molar-refractivity contribution in [3.05, 3.63) is 48.6 Å². The molecule has 0 aliphatic rings. The molecular weight excluding hydrogens is 661 g/mol. The van der Waals surface area contributed by atoms with Gasteiger partial charge in [-0.1, -0.05) is 166 Å². The Kier molecular flexibility index (Phi) is 40.0. The minimum Gasteiger partial charge on any atom is -0.462 e. The van der Waals surface area contributed by atoms with Crippen molar-refractivity contribution in [3.63, 3.8) is 0 Å². The lowest BCUT2D eigenvalue weighted by molar-refractivity contribution is -0.167. The predicted octanol–water partition coefficient (Wildman–Crippen LogP) is 14.0. The van der Waals surface area contributed by atoms with E-state index in [9.17, 15) is 14.4 Å². The minimum atomic E-state index is -0.783. The second kappa shape index (κ2) is 42.1. The molecule has 0 saturated heterocycles. The Labute approximate surface area is 327 Å². The van der Waals surface area contributed by atoms with Crippen molar-refractivity contribution in [1.82, 2.24) is 0 Å². The Morgan fingerprint density at radius 2 is 0.736 bits per heavy atom. The standard InChI is InChI=1S/C47H82O6/c1-4-7-10-13-16-19-21-23-25-28-31-34-37-40-46(49)52-43-44(42-51-45(48)39-36-33-30-27-18-15-12-9-6-3)53-47(50)41-38-35-32-29-26-24-22-20-17-14-11-8-5-2/h7,10,16,19-20,22-23,25,44H,4-6,8-9,11-15,17-18,21,24,26-43H2,1-3H3/b10-7-,19-16-,22-20-,25-23-. The second-order valence-electron chi connectivity index (χ2n) is 14.6. The molecule has 0 fully saturated rings. The largest absolute Gasteiger partial charge is 0.462 e. The van der Waals surface area contributed by atoms with Crippen LogP contribution in [0.4, 0.5) is 0 Å². The third kappa shape index (κ3) is 40.4. The van der Waals surface area contributed by atoms with Crippen LogP contribution in [0.2, 0.25) is 0 Å². The maximum atomic E-state index is 12.7. The van der Waals surface area contributed by atoms with Gasteiger partial charge in [-0.2, -0.15) is 0 Å². The quantitative estimate of drug-likeness (QED) is 0.0270. The molecular formula is C47H82O6. The average molecular weight is 743 g/mol. The molecule has 0 aromatic carbocycles. The van der Waals surface area contributed by atoms with E-state index in [1.807, 2.05) is 0 Å². The van der Waals surface area contributed by atoms with Crippen LogP contribution in [0.15, 0.2) is 48.6 Å². The van der Waals surface area contributed by atoms with Crippen LogP contribution >= 0.6 is 0 Å². The van der Waals surface area contributed by atoms with Gasteiger partial charge in [-0.3, -0.25) is 14.4 Å². The number of hydrogen-bond donors (Lipinski definition) is 0. The first-order valence-electron chi connectivity index (χ1n) is 22.1. The molecule has 53 heavy (non-hydrogen) atoms. The summed E-state index contributed by atoms with van der Waals surface area (Å²) in [6, 6.07) is 0. The molecule has 6 nitrogen and oxygen atoms in total. The molecule has 0 aromatic heterocycles. The van der Waals surface area contributed by atoms with Gasteiger partial charge in [-0.05, 0) is 77.0 Å².